The maximum absolute atomic E-state index is 13.4. The lowest BCUT2D eigenvalue weighted by molar-refractivity contribution is -0.364. The first-order valence-corrected chi connectivity index (χ1v) is 13.8. The molecule has 0 saturated carbocycles. The molecular formula is C29H32O13. The summed E-state index contributed by atoms with van der Waals surface area (Å²) in [5.41, 5.74) is 2.17. The Kier molecular flexibility index (Phi) is 6.93. The van der Waals surface area contributed by atoms with Gasteiger partial charge in [-0.25, -0.2) is 0 Å². The van der Waals surface area contributed by atoms with E-state index in [0.717, 1.165) is 0 Å². The van der Waals surface area contributed by atoms with Crippen LogP contribution in [0, 0.1) is 11.8 Å². The molecule has 4 heterocycles. The minimum Gasteiger partial charge on any atom is -0.504 e. The van der Waals surface area contributed by atoms with Gasteiger partial charge in [0.2, 0.25) is 6.79 Å². The highest BCUT2D eigenvalue weighted by Crippen LogP contribution is 2.56. The van der Waals surface area contributed by atoms with Gasteiger partial charge >= 0.3 is 5.97 Å². The number of hydrogen-bond donors (Lipinski definition) is 4. The highest BCUT2D eigenvalue weighted by molar-refractivity contribution is 5.79. The zero-order chi connectivity index (χ0) is 29.3. The van der Waals surface area contributed by atoms with Crippen LogP contribution in [0.3, 0.4) is 0 Å². The van der Waals surface area contributed by atoms with Crippen LogP contribution < -0.4 is 14.2 Å². The molecule has 3 saturated heterocycles. The molecule has 3 fully saturated rings. The lowest BCUT2D eigenvalue weighted by Crippen LogP contribution is -2.63. The number of carbonyl (C=O) groups is 1. The summed E-state index contributed by atoms with van der Waals surface area (Å²) in [5.74, 6) is -1.40. The number of esters is 1. The van der Waals surface area contributed by atoms with Crippen LogP contribution in [0.1, 0.15) is 41.2 Å². The number of cyclic esters (lactones) is 1. The van der Waals surface area contributed by atoms with Gasteiger partial charge in [0.25, 0.3) is 0 Å². The van der Waals surface area contributed by atoms with Crippen LogP contribution in [0.2, 0.25) is 0 Å². The van der Waals surface area contributed by atoms with E-state index >= 15 is 0 Å². The molecule has 10 atom stereocenters. The van der Waals surface area contributed by atoms with Gasteiger partial charge in [0.1, 0.15) is 24.4 Å². The fourth-order valence-corrected chi connectivity index (χ4v) is 6.79. The Morgan fingerprint density at radius 1 is 0.976 bits per heavy atom. The van der Waals surface area contributed by atoms with Gasteiger partial charge in [-0.15, -0.1) is 0 Å². The second-order valence-electron chi connectivity index (χ2n) is 11.1. The van der Waals surface area contributed by atoms with E-state index in [0.29, 0.717) is 28.2 Å². The Hall–Kier alpha value is -3.17. The highest BCUT2D eigenvalue weighted by Gasteiger charge is 2.56. The van der Waals surface area contributed by atoms with Crippen molar-refractivity contribution in [1.29, 1.82) is 0 Å². The molecule has 7 unspecified atom stereocenters. The predicted octanol–water partition coefficient (Wildman–Crippen LogP) is 0.822. The van der Waals surface area contributed by atoms with Crippen molar-refractivity contribution in [3.8, 4) is 23.0 Å². The summed E-state index contributed by atoms with van der Waals surface area (Å²) in [6, 6.07) is 6.83. The van der Waals surface area contributed by atoms with Gasteiger partial charge in [-0.1, -0.05) is 0 Å². The van der Waals surface area contributed by atoms with Crippen LogP contribution in [-0.2, 0) is 35.1 Å². The number of benzene rings is 2. The maximum atomic E-state index is 13.4. The normalized spacial score (nSPS) is 36.5. The van der Waals surface area contributed by atoms with Gasteiger partial charge in [0.15, 0.2) is 35.6 Å². The number of fused-ring (bicyclic) bond motifs is 4. The van der Waals surface area contributed by atoms with Crippen molar-refractivity contribution in [3.05, 3.63) is 46.5 Å². The van der Waals surface area contributed by atoms with Gasteiger partial charge in [0.05, 0.1) is 39.0 Å². The van der Waals surface area contributed by atoms with Crippen molar-refractivity contribution in [2.24, 2.45) is 11.8 Å². The van der Waals surface area contributed by atoms with E-state index in [1.165, 1.54) is 7.11 Å². The topological polar surface area (TPSA) is 172 Å². The average molecular weight is 589 g/mol. The molecule has 1 aliphatic carbocycles. The van der Waals surface area contributed by atoms with Crippen molar-refractivity contribution >= 4 is 5.97 Å². The summed E-state index contributed by atoms with van der Waals surface area (Å²) in [6.07, 6.45) is -6.87. The van der Waals surface area contributed by atoms with E-state index < -0.39 is 73.4 Å². The van der Waals surface area contributed by atoms with Crippen LogP contribution in [0.5, 0.6) is 23.0 Å². The molecule has 2 aromatic carbocycles. The van der Waals surface area contributed by atoms with E-state index in [9.17, 15) is 25.2 Å². The van der Waals surface area contributed by atoms with Gasteiger partial charge in [-0.3, -0.25) is 4.79 Å². The summed E-state index contributed by atoms with van der Waals surface area (Å²) in [5, 5.41) is 42.4. The quantitative estimate of drug-likeness (QED) is 0.362. The molecule has 2 aromatic rings. The van der Waals surface area contributed by atoms with Crippen molar-refractivity contribution in [3.63, 3.8) is 0 Å². The predicted molar refractivity (Wildman–Crippen MR) is 138 cm³/mol. The van der Waals surface area contributed by atoms with E-state index in [1.54, 1.807) is 31.2 Å². The van der Waals surface area contributed by atoms with Gasteiger partial charge in [-0.05, 0) is 47.9 Å². The third kappa shape index (κ3) is 4.30. The number of aliphatic hydroxyl groups is 3. The van der Waals surface area contributed by atoms with Gasteiger partial charge < -0.3 is 58.3 Å². The second kappa shape index (κ2) is 10.5. The van der Waals surface area contributed by atoms with Gasteiger partial charge in [0, 0.05) is 17.4 Å². The molecule has 13 nitrogen and oxygen atoms in total. The molecule has 0 radical (unpaired) electrons. The Balaban J connectivity index is 1.32. The van der Waals surface area contributed by atoms with Crippen LogP contribution in [0.15, 0.2) is 24.3 Å². The molecule has 13 heteroatoms. The second-order valence-corrected chi connectivity index (χ2v) is 11.1. The van der Waals surface area contributed by atoms with E-state index in [1.807, 2.05) is 0 Å². The SMILES string of the molecule is COc1cc(C2c3cc4c(cc3[C@@H](OC3OC5COC(C)OC5C(O)C3O)[C@H]3COC(=O)[C@H]23)OCO4)cc(CO)c1O. The first kappa shape index (κ1) is 27.7. The number of hydrogen-bond acceptors (Lipinski definition) is 13. The molecule has 4 aliphatic heterocycles. The summed E-state index contributed by atoms with van der Waals surface area (Å²) >= 11 is 0. The monoisotopic (exact) mass is 588 g/mol. The Morgan fingerprint density at radius 3 is 2.48 bits per heavy atom. The van der Waals surface area contributed by atoms with Crippen molar-refractivity contribution in [1.82, 2.24) is 0 Å². The standard InChI is InChI=1S/C29H32O13/c1-11-36-9-20-27(40-11)24(32)25(33)29(41-20)42-26-15-6-18-17(38-10-39-18)5-14(15)21(22-16(26)8-37-28(22)34)12-3-13(7-30)23(31)19(4-12)35-2/h3-6,11,16,20-22,24-27,29-33H,7-10H2,1-2H3/t11?,16-,20?,21?,22-,24?,25?,26+,27?,29?/m0/s1. The molecule has 0 aromatic heterocycles. The lowest BCUT2D eigenvalue weighted by atomic mass is 9.66. The zero-order valence-electron chi connectivity index (χ0n) is 22.9. The number of phenols is 1. The van der Waals surface area contributed by atoms with Gasteiger partial charge in [-0.2, -0.15) is 0 Å². The zero-order valence-corrected chi connectivity index (χ0v) is 22.9. The lowest BCUT2D eigenvalue weighted by Gasteiger charge is -2.47. The van der Waals surface area contributed by atoms with Crippen molar-refractivity contribution in [2.45, 2.75) is 62.5 Å². The highest BCUT2D eigenvalue weighted by atomic mass is 16.8. The number of methoxy groups -OCH3 is 1. The number of aromatic hydroxyl groups is 1. The third-order valence-corrected chi connectivity index (χ3v) is 8.81. The van der Waals surface area contributed by atoms with E-state index in [4.69, 9.17) is 37.9 Å². The average Bonchev–Trinajstić information content (AvgIpc) is 3.61. The summed E-state index contributed by atoms with van der Waals surface area (Å²) < 4.78 is 46.0. The molecule has 7 rings (SSSR count). The van der Waals surface area contributed by atoms with Crippen LogP contribution >= 0.6 is 0 Å². The molecule has 0 spiro atoms. The fraction of sp³-hybridized carbons (Fsp3) is 0.552. The number of carbonyl (C=O) groups excluding carboxylic acids is 1. The largest absolute Gasteiger partial charge is 0.504 e. The molecule has 0 amide bonds. The molecule has 4 N–H and O–H groups in total. The Bertz CT molecular complexity index is 1350. The third-order valence-electron chi connectivity index (χ3n) is 8.81. The first-order valence-electron chi connectivity index (χ1n) is 13.8. The Labute approximate surface area is 240 Å². The minimum absolute atomic E-state index is 0.0170. The first-order chi connectivity index (χ1) is 20.3. The molecule has 42 heavy (non-hydrogen) atoms. The summed E-state index contributed by atoms with van der Waals surface area (Å²) in [4.78, 5) is 13.4. The van der Waals surface area contributed by atoms with E-state index in [-0.39, 0.29) is 37.1 Å². The summed E-state index contributed by atoms with van der Waals surface area (Å²) in [6.45, 7) is 1.43. The summed E-state index contributed by atoms with van der Waals surface area (Å²) in [7, 11) is 1.40. The fourth-order valence-electron chi connectivity index (χ4n) is 6.79. The number of aliphatic hydroxyl groups excluding tert-OH is 3. The number of ether oxygens (including phenoxy) is 8. The maximum Gasteiger partial charge on any atom is 0.310 e. The van der Waals surface area contributed by atoms with Crippen LogP contribution in [0.25, 0.3) is 0 Å². The van der Waals surface area contributed by atoms with Crippen molar-refractivity contribution < 1.29 is 63.1 Å². The molecular weight excluding hydrogens is 556 g/mol. The van der Waals surface area contributed by atoms with Crippen LogP contribution in [-0.4, -0.2) is 90.5 Å². The number of rotatable bonds is 5. The smallest absolute Gasteiger partial charge is 0.310 e. The minimum atomic E-state index is -1.45. The van der Waals surface area contributed by atoms with Crippen molar-refractivity contribution in [2.75, 3.05) is 27.1 Å². The van der Waals surface area contributed by atoms with E-state index in [2.05, 4.69) is 0 Å². The van der Waals surface area contributed by atoms with Crippen LogP contribution in [0.4, 0.5) is 0 Å². The molecule has 226 valence electrons. The molecule has 0 bridgehead atoms. The molecule has 5 aliphatic rings. The Morgan fingerprint density at radius 2 is 1.74 bits per heavy atom.